The number of hydrogen-bond donors (Lipinski definition) is 1. The highest BCUT2D eigenvalue weighted by Crippen LogP contribution is 2.18. The van der Waals surface area contributed by atoms with Gasteiger partial charge in [-0.25, -0.2) is 0 Å². The predicted octanol–water partition coefficient (Wildman–Crippen LogP) is 4.29. The highest BCUT2D eigenvalue weighted by Gasteiger charge is 2.09. The summed E-state index contributed by atoms with van der Waals surface area (Å²) in [5.74, 6) is 2.40. The van der Waals surface area contributed by atoms with Gasteiger partial charge in [-0.15, -0.1) is 0 Å². The minimum Gasteiger partial charge on any atom is -0.497 e. The molecule has 1 unspecified atom stereocenters. The molecule has 2 nitrogen and oxygen atoms in total. The van der Waals surface area contributed by atoms with Gasteiger partial charge < -0.3 is 10.1 Å². The van der Waals surface area contributed by atoms with Gasteiger partial charge in [0.2, 0.25) is 0 Å². The van der Waals surface area contributed by atoms with Crippen molar-refractivity contribution in [1.82, 2.24) is 5.32 Å². The molecule has 1 N–H and O–H groups in total. The number of nitrogens with one attached hydrogen (secondary N) is 1. The first-order valence-electron chi connectivity index (χ1n) is 7.99. The maximum absolute atomic E-state index is 5.22. The van der Waals surface area contributed by atoms with Gasteiger partial charge in [0.1, 0.15) is 5.75 Å². The van der Waals surface area contributed by atoms with E-state index in [0.29, 0.717) is 0 Å². The van der Waals surface area contributed by atoms with Crippen LogP contribution in [-0.2, 0) is 6.42 Å². The Morgan fingerprint density at radius 2 is 1.80 bits per heavy atom. The minimum absolute atomic E-state index is 0.725. The molecule has 0 fully saturated rings. The zero-order valence-electron chi connectivity index (χ0n) is 13.6. The zero-order valence-corrected chi connectivity index (χ0v) is 13.6. The Morgan fingerprint density at radius 3 is 2.35 bits per heavy atom. The Kier molecular flexibility index (Phi) is 8.36. The second-order valence-electron chi connectivity index (χ2n) is 6.11. The summed E-state index contributed by atoms with van der Waals surface area (Å²) in [7, 11) is 1.72. The largest absolute Gasteiger partial charge is 0.497 e. The van der Waals surface area contributed by atoms with Crippen molar-refractivity contribution in [3.05, 3.63) is 29.8 Å². The van der Waals surface area contributed by atoms with Crippen LogP contribution in [-0.4, -0.2) is 20.2 Å². The molecular formula is C18H31NO. The van der Waals surface area contributed by atoms with E-state index in [0.717, 1.165) is 37.1 Å². The Hall–Kier alpha value is -1.02. The fourth-order valence-electron chi connectivity index (χ4n) is 2.44. The van der Waals surface area contributed by atoms with Crippen molar-refractivity contribution in [1.29, 1.82) is 0 Å². The average molecular weight is 277 g/mol. The quantitative estimate of drug-likeness (QED) is 0.689. The SMILES string of the molecule is CCCCC(CNCC(C)C)Cc1ccc(OC)cc1. The fraction of sp³-hybridized carbons (Fsp3) is 0.667. The Labute approximate surface area is 124 Å². The van der Waals surface area contributed by atoms with E-state index in [-0.39, 0.29) is 0 Å². The first kappa shape index (κ1) is 17.0. The van der Waals surface area contributed by atoms with E-state index in [1.54, 1.807) is 7.11 Å². The number of methoxy groups -OCH3 is 1. The van der Waals surface area contributed by atoms with Gasteiger partial charge in [0.15, 0.2) is 0 Å². The van der Waals surface area contributed by atoms with Gasteiger partial charge in [-0.05, 0) is 55.5 Å². The fourth-order valence-corrected chi connectivity index (χ4v) is 2.44. The highest BCUT2D eigenvalue weighted by molar-refractivity contribution is 5.27. The third-order valence-electron chi connectivity index (χ3n) is 3.63. The molecular weight excluding hydrogens is 246 g/mol. The Balaban J connectivity index is 2.48. The minimum atomic E-state index is 0.725. The highest BCUT2D eigenvalue weighted by atomic mass is 16.5. The van der Waals surface area contributed by atoms with Gasteiger partial charge in [0, 0.05) is 0 Å². The third-order valence-corrected chi connectivity index (χ3v) is 3.63. The van der Waals surface area contributed by atoms with Gasteiger partial charge in [0.05, 0.1) is 7.11 Å². The topological polar surface area (TPSA) is 21.3 Å². The molecule has 1 aromatic carbocycles. The van der Waals surface area contributed by atoms with Gasteiger partial charge in [0.25, 0.3) is 0 Å². The lowest BCUT2D eigenvalue weighted by Crippen LogP contribution is -2.27. The molecule has 1 rings (SSSR count). The second kappa shape index (κ2) is 9.82. The molecule has 1 atom stereocenters. The van der Waals surface area contributed by atoms with Crippen molar-refractivity contribution >= 4 is 0 Å². The molecule has 0 spiro atoms. The van der Waals surface area contributed by atoms with E-state index in [1.165, 1.54) is 24.8 Å². The van der Waals surface area contributed by atoms with Crippen LogP contribution in [0.25, 0.3) is 0 Å². The van der Waals surface area contributed by atoms with E-state index in [1.807, 2.05) is 0 Å². The molecule has 0 aromatic heterocycles. The van der Waals surface area contributed by atoms with Gasteiger partial charge >= 0.3 is 0 Å². The zero-order chi connectivity index (χ0) is 14.8. The molecule has 0 saturated carbocycles. The van der Waals surface area contributed by atoms with Crippen molar-refractivity contribution < 1.29 is 4.74 Å². The van der Waals surface area contributed by atoms with Crippen molar-refractivity contribution in [2.24, 2.45) is 11.8 Å². The summed E-state index contributed by atoms with van der Waals surface area (Å²) in [6.45, 7) is 9.04. The molecule has 2 heteroatoms. The lowest BCUT2D eigenvalue weighted by molar-refractivity contribution is 0.409. The number of hydrogen-bond acceptors (Lipinski definition) is 2. The van der Waals surface area contributed by atoms with E-state index < -0.39 is 0 Å². The molecule has 114 valence electrons. The summed E-state index contributed by atoms with van der Waals surface area (Å²) in [5.41, 5.74) is 1.42. The van der Waals surface area contributed by atoms with Crippen LogP contribution in [0.2, 0.25) is 0 Å². The normalized spacial score (nSPS) is 12.7. The van der Waals surface area contributed by atoms with E-state index in [4.69, 9.17) is 4.74 Å². The van der Waals surface area contributed by atoms with Crippen molar-refractivity contribution in [3.63, 3.8) is 0 Å². The summed E-state index contributed by atoms with van der Waals surface area (Å²) < 4.78 is 5.22. The smallest absolute Gasteiger partial charge is 0.118 e. The lowest BCUT2D eigenvalue weighted by Gasteiger charge is -2.18. The van der Waals surface area contributed by atoms with Crippen LogP contribution in [0.15, 0.2) is 24.3 Å². The molecule has 20 heavy (non-hydrogen) atoms. The standard InChI is InChI=1S/C18H31NO/c1-5-6-7-17(14-19-13-15(2)3)12-16-8-10-18(20-4)11-9-16/h8-11,15,17,19H,5-7,12-14H2,1-4H3. The predicted molar refractivity (Wildman–Crippen MR) is 87.4 cm³/mol. The molecule has 0 aliphatic heterocycles. The van der Waals surface area contributed by atoms with Crippen molar-refractivity contribution in [3.8, 4) is 5.75 Å². The van der Waals surface area contributed by atoms with Gasteiger partial charge in [-0.1, -0.05) is 45.7 Å². The maximum atomic E-state index is 5.22. The van der Waals surface area contributed by atoms with Crippen molar-refractivity contribution in [2.45, 2.75) is 46.5 Å². The Bertz CT molecular complexity index is 345. The third kappa shape index (κ3) is 6.95. The maximum Gasteiger partial charge on any atom is 0.118 e. The number of ether oxygens (including phenoxy) is 1. The molecule has 0 aliphatic rings. The summed E-state index contributed by atoms with van der Waals surface area (Å²) >= 11 is 0. The number of rotatable bonds is 10. The molecule has 0 amide bonds. The monoisotopic (exact) mass is 277 g/mol. The van der Waals surface area contributed by atoms with E-state index >= 15 is 0 Å². The van der Waals surface area contributed by atoms with Crippen LogP contribution in [0.3, 0.4) is 0 Å². The molecule has 0 heterocycles. The van der Waals surface area contributed by atoms with Crippen molar-refractivity contribution in [2.75, 3.05) is 20.2 Å². The average Bonchev–Trinajstić information content (AvgIpc) is 2.45. The summed E-state index contributed by atoms with van der Waals surface area (Å²) in [4.78, 5) is 0. The second-order valence-corrected chi connectivity index (χ2v) is 6.11. The van der Waals surface area contributed by atoms with Crippen LogP contribution >= 0.6 is 0 Å². The first-order valence-corrected chi connectivity index (χ1v) is 7.99. The number of unbranched alkanes of at least 4 members (excludes halogenated alkanes) is 1. The molecule has 0 bridgehead atoms. The van der Waals surface area contributed by atoms with E-state index in [9.17, 15) is 0 Å². The molecule has 1 aromatic rings. The Morgan fingerprint density at radius 1 is 1.10 bits per heavy atom. The van der Waals surface area contributed by atoms with Crippen LogP contribution in [0.5, 0.6) is 5.75 Å². The number of benzene rings is 1. The molecule has 0 aliphatic carbocycles. The summed E-state index contributed by atoms with van der Waals surface area (Å²) in [6, 6.07) is 8.52. The summed E-state index contributed by atoms with van der Waals surface area (Å²) in [6.07, 6.45) is 5.08. The van der Waals surface area contributed by atoms with E-state index in [2.05, 4.69) is 50.4 Å². The van der Waals surface area contributed by atoms with Crippen LogP contribution in [0.4, 0.5) is 0 Å². The molecule has 0 radical (unpaired) electrons. The van der Waals surface area contributed by atoms with Crippen LogP contribution in [0, 0.1) is 11.8 Å². The summed E-state index contributed by atoms with van der Waals surface area (Å²) in [5, 5.41) is 3.61. The molecule has 0 saturated heterocycles. The van der Waals surface area contributed by atoms with Crippen LogP contribution in [0.1, 0.15) is 45.6 Å². The lowest BCUT2D eigenvalue weighted by atomic mass is 9.94. The van der Waals surface area contributed by atoms with Gasteiger partial charge in [-0.3, -0.25) is 0 Å². The van der Waals surface area contributed by atoms with Crippen LogP contribution < -0.4 is 10.1 Å². The first-order chi connectivity index (χ1) is 9.65. The van der Waals surface area contributed by atoms with Gasteiger partial charge in [-0.2, -0.15) is 0 Å².